The monoisotopic (exact) mass is 345 g/mol. The Balaban J connectivity index is 2.51. The van der Waals surface area contributed by atoms with Crippen LogP contribution in [0.1, 0.15) is 40.2 Å². The molecule has 0 radical (unpaired) electrons. The molecule has 1 aliphatic rings. The van der Waals surface area contributed by atoms with Crippen LogP contribution in [0.5, 0.6) is 0 Å². The Morgan fingerprint density at radius 1 is 1.36 bits per heavy atom. The van der Waals surface area contributed by atoms with Crippen LogP contribution in [0.2, 0.25) is 0 Å². The molecule has 0 bridgehead atoms. The molecule has 1 unspecified atom stereocenters. The van der Waals surface area contributed by atoms with Gasteiger partial charge in [-0.2, -0.15) is 0 Å². The lowest BCUT2D eigenvalue weighted by Crippen LogP contribution is -2.54. The van der Waals surface area contributed by atoms with Gasteiger partial charge < -0.3 is 9.84 Å². The highest BCUT2D eigenvalue weighted by Gasteiger charge is 2.57. The van der Waals surface area contributed by atoms with E-state index >= 15 is 0 Å². The first-order chi connectivity index (χ1) is 11.6. The van der Waals surface area contributed by atoms with Gasteiger partial charge in [-0.15, -0.1) is 6.58 Å². The standard InChI is InChI=1S/C20H27NO4/c1-7-15(22)19(4,5)17(23)21-16(13(2)3)20(6,25-18(21)24)14-11-9-8-10-12-14/h7-13,15-16,22H,1H2,2-6H3/t15-,16-,20?/m1/s1. The van der Waals surface area contributed by atoms with E-state index in [4.69, 9.17) is 4.74 Å². The molecule has 0 spiro atoms. The maximum Gasteiger partial charge on any atom is 0.417 e. The van der Waals surface area contributed by atoms with Crippen LogP contribution < -0.4 is 0 Å². The van der Waals surface area contributed by atoms with Crippen LogP contribution in [-0.2, 0) is 15.1 Å². The fraction of sp³-hybridized carbons (Fsp3) is 0.500. The summed E-state index contributed by atoms with van der Waals surface area (Å²) in [6, 6.07) is 8.94. The van der Waals surface area contributed by atoms with Gasteiger partial charge in [-0.25, -0.2) is 9.69 Å². The summed E-state index contributed by atoms with van der Waals surface area (Å²) < 4.78 is 5.71. The predicted molar refractivity (Wildman–Crippen MR) is 95.7 cm³/mol. The molecule has 1 fully saturated rings. The largest absolute Gasteiger partial charge is 0.436 e. The molecule has 1 saturated heterocycles. The van der Waals surface area contributed by atoms with Crippen molar-refractivity contribution in [1.82, 2.24) is 4.90 Å². The zero-order chi connectivity index (χ0) is 19.0. The minimum absolute atomic E-state index is 0.0303. The van der Waals surface area contributed by atoms with Crippen molar-refractivity contribution in [3.8, 4) is 0 Å². The maximum atomic E-state index is 13.1. The van der Waals surface area contributed by atoms with E-state index in [1.54, 1.807) is 13.8 Å². The molecule has 3 atom stereocenters. The zero-order valence-corrected chi connectivity index (χ0v) is 15.5. The smallest absolute Gasteiger partial charge is 0.417 e. The molecule has 1 aliphatic heterocycles. The van der Waals surface area contributed by atoms with Crippen LogP contribution in [0.25, 0.3) is 0 Å². The molecule has 25 heavy (non-hydrogen) atoms. The van der Waals surface area contributed by atoms with Crippen LogP contribution in [0.4, 0.5) is 4.79 Å². The number of amides is 2. The van der Waals surface area contributed by atoms with Gasteiger partial charge in [0, 0.05) is 0 Å². The second-order valence-corrected chi connectivity index (χ2v) is 7.61. The predicted octanol–water partition coefficient (Wildman–Crippen LogP) is 3.48. The van der Waals surface area contributed by atoms with Gasteiger partial charge in [-0.3, -0.25) is 4.79 Å². The first-order valence-corrected chi connectivity index (χ1v) is 8.50. The Morgan fingerprint density at radius 3 is 2.40 bits per heavy atom. The van der Waals surface area contributed by atoms with Gasteiger partial charge in [0.25, 0.3) is 0 Å². The summed E-state index contributed by atoms with van der Waals surface area (Å²) in [5.41, 5.74) is -1.30. The number of carbonyl (C=O) groups is 2. The number of nitrogens with zero attached hydrogens (tertiary/aromatic N) is 1. The van der Waals surface area contributed by atoms with Gasteiger partial charge in [0.1, 0.15) is 0 Å². The lowest BCUT2D eigenvalue weighted by atomic mass is 9.79. The topological polar surface area (TPSA) is 66.8 Å². The molecule has 0 saturated carbocycles. The van der Waals surface area contributed by atoms with Crippen LogP contribution >= 0.6 is 0 Å². The summed E-state index contributed by atoms with van der Waals surface area (Å²) in [6.45, 7) is 12.5. The third-order valence-electron chi connectivity index (χ3n) is 5.05. The quantitative estimate of drug-likeness (QED) is 0.830. The second kappa shape index (κ2) is 6.64. The first-order valence-electron chi connectivity index (χ1n) is 8.50. The van der Waals surface area contributed by atoms with E-state index in [-0.39, 0.29) is 5.92 Å². The normalized spacial score (nSPS) is 25.0. The average molecular weight is 345 g/mol. The van der Waals surface area contributed by atoms with Crippen molar-refractivity contribution in [3.63, 3.8) is 0 Å². The van der Waals surface area contributed by atoms with E-state index < -0.39 is 35.2 Å². The van der Waals surface area contributed by atoms with Gasteiger partial charge >= 0.3 is 6.09 Å². The number of carbonyl (C=O) groups excluding carboxylic acids is 2. The minimum Gasteiger partial charge on any atom is -0.436 e. The van der Waals surface area contributed by atoms with Crippen molar-refractivity contribution in [1.29, 1.82) is 0 Å². The molecule has 2 rings (SSSR count). The van der Waals surface area contributed by atoms with E-state index in [9.17, 15) is 14.7 Å². The third kappa shape index (κ3) is 3.09. The Morgan fingerprint density at radius 2 is 1.92 bits per heavy atom. The molecule has 1 aromatic rings. The molecule has 2 amide bonds. The Hall–Kier alpha value is -2.14. The number of imide groups is 1. The van der Waals surface area contributed by atoms with Crippen molar-refractivity contribution < 1.29 is 19.4 Å². The molecule has 1 heterocycles. The molecule has 1 aromatic carbocycles. The molecule has 0 aliphatic carbocycles. The molecule has 0 aromatic heterocycles. The van der Waals surface area contributed by atoms with Gasteiger partial charge in [-0.05, 0) is 32.3 Å². The number of hydrogen-bond acceptors (Lipinski definition) is 4. The lowest BCUT2D eigenvalue weighted by molar-refractivity contribution is -0.144. The molecule has 5 heteroatoms. The fourth-order valence-corrected chi connectivity index (χ4v) is 3.52. The number of rotatable bonds is 5. The van der Waals surface area contributed by atoms with Crippen LogP contribution in [-0.4, -0.2) is 34.2 Å². The van der Waals surface area contributed by atoms with Gasteiger partial charge in [0.2, 0.25) is 5.91 Å². The van der Waals surface area contributed by atoms with Gasteiger partial charge in [0.05, 0.1) is 17.6 Å². The Labute approximate surface area is 149 Å². The van der Waals surface area contributed by atoms with E-state index in [1.165, 1.54) is 11.0 Å². The number of hydrogen-bond donors (Lipinski definition) is 1. The summed E-state index contributed by atoms with van der Waals surface area (Å²) in [5, 5.41) is 10.2. The van der Waals surface area contributed by atoms with Crippen molar-refractivity contribution in [2.24, 2.45) is 11.3 Å². The van der Waals surface area contributed by atoms with Crippen LogP contribution in [0.3, 0.4) is 0 Å². The Kier molecular flexibility index (Phi) is 5.09. The summed E-state index contributed by atoms with van der Waals surface area (Å²) >= 11 is 0. The van der Waals surface area contributed by atoms with Crippen molar-refractivity contribution in [3.05, 3.63) is 48.6 Å². The summed E-state index contributed by atoms with van der Waals surface area (Å²) in [5.74, 6) is -0.500. The van der Waals surface area contributed by atoms with E-state index in [2.05, 4.69) is 6.58 Å². The number of aliphatic hydroxyl groups excluding tert-OH is 1. The summed E-state index contributed by atoms with van der Waals surface area (Å²) in [4.78, 5) is 27.0. The van der Waals surface area contributed by atoms with E-state index in [1.807, 2.05) is 51.1 Å². The molecular weight excluding hydrogens is 318 g/mol. The van der Waals surface area contributed by atoms with E-state index in [0.29, 0.717) is 0 Å². The molecule has 136 valence electrons. The summed E-state index contributed by atoms with van der Waals surface area (Å²) in [6.07, 6.45) is -0.441. The third-order valence-corrected chi connectivity index (χ3v) is 5.05. The zero-order valence-electron chi connectivity index (χ0n) is 15.5. The van der Waals surface area contributed by atoms with Crippen LogP contribution in [0, 0.1) is 11.3 Å². The molecule has 1 N–H and O–H groups in total. The maximum absolute atomic E-state index is 13.1. The summed E-state index contributed by atoms with van der Waals surface area (Å²) in [7, 11) is 0. The SMILES string of the molecule is C=C[C@@H](O)C(C)(C)C(=O)N1C(=O)OC(C)(c2ccccc2)[C@H]1C(C)C. The number of benzene rings is 1. The van der Waals surface area contributed by atoms with Gasteiger partial charge in [-0.1, -0.05) is 50.3 Å². The van der Waals surface area contributed by atoms with Crippen molar-refractivity contribution in [2.45, 2.75) is 52.4 Å². The minimum atomic E-state index is -1.18. The highest BCUT2D eigenvalue weighted by Crippen LogP contribution is 2.44. The van der Waals surface area contributed by atoms with E-state index in [0.717, 1.165) is 5.56 Å². The molecule has 5 nitrogen and oxygen atoms in total. The average Bonchev–Trinajstić information content (AvgIpc) is 2.85. The van der Waals surface area contributed by atoms with Gasteiger partial charge in [0.15, 0.2) is 5.60 Å². The number of aliphatic hydroxyl groups is 1. The highest BCUT2D eigenvalue weighted by atomic mass is 16.6. The molecular formula is C20H27NO4. The lowest BCUT2D eigenvalue weighted by Gasteiger charge is -2.37. The van der Waals surface area contributed by atoms with Crippen molar-refractivity contribution >= 4 is 12.0 Å². The second-order valence-electron chi connectivity index (χ2n) is 7.61. The van der Waals surface area contributed by atoms with Crippen molar-refractivity contribution in [2.75, 3.05) is 0 Å². The number of cyclic esters (lactones) is 1. The van der Waals surface area contributed by atoms with Crippen LogP contribution in [0.15, 0.2) is 43.0 Å². The Bertz CT molecular complexity index is 668. The fourth-order valence-electron chi connectivity index (χ4n) is 3.52. The number of ether oxygens (including phenoxy) is 1. The highest BCUT2D eigenvalue weighted by molar-refractivity contribution is 5.97. The first kappa shape index (κ1) is 19.2.